The standard InChI is InChI=1S/C27H35N3O3/c1-22-9-11-23(12-10-22)26(32)30-14-6-13-27(20-30,21-33-24-7-4-3-5-8-24)19-25(31)29-17-15-28(2)16-18-29/h3-5,7-12H,6,13-21H2,1-2H3/t27-/m1/s1. The van der Waals surface area contributed by atoms with Crippen LogP contribution in [-0.2, 0) is 4.79 Å². The second kappa shape index (κ2) is 10.4. The van der Waals surface area contributed by atoms with Crippen LogP contribution in [0.3, 0.4) is 0 Å². The molecule has 0 bridgehead atoms. The third-order valence-corrected chi connectivity index (χ3v) is 6.92. The molecule has 0 unspecified atom stereocenters. The molecule has 176 valence electrons. The molecule has 0 saturated carbocycles. The fourth-order valence-electron chi connectivity index (χ4n) is 4.81. The number of amides is 2. The van der Waals surface area contributed by atoms with E-state index in [0.29, 0.717) is 31.7 Å². The van der Waals surface area contributed by atoms with E-state index >= 15 is 0 Å². The van der Waals surface area contributed by atoms with Gasteiger partial charge in [-0.1, -0.05) is 35.9 Å². The number of carbonyl (C=O) groups is 2. The highest BCUT2D eigenvalue weighted by atomic mass is 16.5. The third-order valence-electron chi connectivity index (χ3n) is 6.92. The van der Waals surface area contributed by atoms with Crippen molar-refractivity contribution in [2.45, 2.75) is 26.2 Å². The molecule has 2 aromatic carbocycles. The number of piperazine rings is 1. The lowest BCUT2D eigenvalue weighted by Gasteiger charge is -2.43. The van der Waals surface area contributed by atoms with Crippen LogP contribution >= 0.6 is 0 Å². The van der Waals surface area contributed by atoms with Crippen LogP contribution in [0.25, 0.3) is 0 Å². The van der Waals surface area contributed by atoms with Gasteiger partial charge in [0.15, 0.2) is 0 Å². The fourth-order valence-corrected chi connectivity index (χ4v) is 4.81. The molecule has 2 saturated heterocycles. The lowest BCUT2D eigenvalue weighted by Crippen LogP contribution is -2.53. The highest BCUT2D eigenvalue weighted by Crippen LogP contribution is 2.36. The van der Waals surface area contributed by atoms with E-state index < -0.39 is 5.41 Å². The van der Waals surface area contributed by atoms with Crippen molar-refractivity contribution in [1.82, 2.24) is 14.7 Å². The SMILES string of the molecule is Cc1ccc(C(=O)N2CCC[C@@](COc3ccccc3)(CC(=O)N3CCN(C)CC3)C2)cc1. The lowest BCUT2D eigenvalue weighted by atomic mass is 9.77. The maximum absolute atomic E-state index is 13.3. The first-order valence-electron chi connectivity index (χ1n) is 11.9. The smallest absolute Gasteiger partial charge is 0.253 e. The summed E-state index contributed by atoms with van der Waals surface area (Å²) in [4.78, 5) is 32.7. The summed E-state index contributed by atoms with van der Waals surface area (Å²) in [7, 11) is 2.09. The van der Waals surface area contributed by atoms with Gasteiger partial charge in [0.25, 0.3) is 5.91 Å². The average Bonchev–Trinajstić information content (AvgIpc) is 2.84. The number of carbonyl (C=O) groups excluding carboxylic acids is 2. The molecule has 2 aliphatic heterocycles. The Bertz CT molecular complexity index is 939. The molecule has 4 rings (SSSR count). The summed E-state index contributed by atoms with van der Waals surface area (Å²) in [6.45, 7) is 7.01. The molecule has 0 radical (unpaired) electrons. The molecule has 6 nitrogen and oxygen atoms in total. The fraction of sp³-hybridized carbons (Fsp3) is 0.481. The zero-order chi connectivity index (χ0) is 23.3. The molecular formula is C27H35N3O3. The van der Waals surface area contributed by atoms with Gasteiger partial charge in [-0.2, -0.15) is 0 Å². The monoisotopic (exact) mass is 449 g/mol. The molecule has 0 aliphatic carbocycles. The molecule has 2 aliphatic rings. The van der Waals surface area contributed by atoms with Crippen molar-refractivity contribution in [3.63, 3.8) is 0 Å². The second-order valence-corrected chi connectivity index (χ2v) is 9.66. The number of hydrogen-bond donors (Lipinski definition) is 0. The molecule has 0 aromatic heterocycles. The summed E-state index contributed by atoms with van der Waals surface area (Å²) >= 11 is 0. The molecule has 33 heavy (non-hydrogen) atoms. The number of likely N-dealkylation sites (tertiary alicyclic amines) is 1. The van der Waals surface area contributed by atoms with Crippen molar-refractivity contribution >= 4 is 11.8 Å². The predicted molar refractivity (Wildman–Crippen MR) is 129 cm³/mol. The van der Waals surface area contributed by atoms with Gasteiger partial charge < -0.3 is 19.4 Å². The van der Waals surface area contributed by atoms with Crippen LogP contribution in [0, 0.1) is 12.3 Å². The van der Waals surface area contributed by atoms with Gasteiger partial charge in [0.1, 0.15) is 5.75 Å². The highest BCUT2D eigenvalue weighted by Gasteiger charge is 2.41. The predicted octanol–water partition coefficient (Wildman–Crippen LogP) is 3.46. The number of hydrogen-bond acceptors (Lipinski definition) is 4. The first kappa shape index (κ1) is 23.3. The van der Waals surface area contributed by atoms with Crippen LogP contribution in [0.5, 0.6) is 5.75 Å². The van der Waals surface area contributed by atoms with E-state index in [1.807, 2.05) is 71.3 Å². The van der Waals surface area contributed by atoms with Crippen LogP contribution < -0.4 is 4.74 Å². The van der Waals surface area contributed by atoms with Crippen molar-refractivity contribution in [2.75, 3.05) is 52.9 Å². The van der Waals surface area contributed by atoms with E-state index in [-0.39, 0.29) is 11.8 Å². The number of para-hydroxylation sites is 1. The molecule has 1 atom stereocenters. The quantitative estimate of drug-likeness (QED) is 0.678. The lowest BCUT2D eigenvalue weighted by molar-refractivity contribution is -0.137. The van der Waals surface area contributed by atoms with Crippen molar-refractivity contribution in [3.8, 4) is 5.75 Å². The van der Waals surface area contributed by atoms with Gasteiger partial charge in [0.05, 0.1) is 6.61 Å². The minimum absolute atomic E-state index is 0.0332. The Balaban J connectivity index is 1.51. The van der Waals surface area contributed by atoms with Crippen LogP contribution in [0.2, 0.25) is 0 Å². The van der Waals surface area contributed by atoms with E-state index in [1.54, 1.807) is 0 Å². The Kier molecular flexibility index (Phi) is 7.33. The Morgan fingerprint density at radius 3 is 2.30 bits per heavy atom. The molecule has 0 N–H and O–H groups in total. The van der Waals surface area contributed by atoms with Crippen LogP contribution in [0.4, 0.5) is 0 Å². The van der Waals surface area contributed by atoms with E-state index in [0.717, 1.165) is 50.3 Å². The molecule has 2 amide bonds. The molecule has 2 aromatic rings. The number of likely N-dealkylation sites (N-methyl/N-ethyl adjacent to an activating group) is 1. The molecular weight excluding hydrogens is 414 g/mol. The summed E-state index contributed by atoms with van der Waals surface area (Å²) in [5, 5.41) is 0. The van der Waals surface area contributed by atoms with Crippen molar-refractivity contribution < 1.29 is 14.3 Å². The number of piperidine rings is 1. The maximum atomic E-state index is 13.3. The van der Waals surface area contributed by atoms with Crippen LogP contribution in [0.1, 0.15) is 35.2 Å². The van der Waals surface area contributed by atoms with E-state index in [1.165, 1.54) is 0 Å². The Morgan fingerprint density at radius 1 is 0.909 bits per heavy atom. The van der Waals surface area contributed by atoms with Gasteiger partial charge in [-0.25, -0.2) is 0 Å². The summed E-state index contributed by atoms with van der Waals surface area (Å²) in [6, 6.07) is 17.5. The highest BCUT2D eigenvalue weighted by molar-refractivity contribution is 5.94. The topological polar surface area (TPSA) is 53.1 Å². The summed E-state index contributed by atoms with van der Waals surface area (Å²) in [6.07, 6.45) is 2.14. The Hall–Kier alpha value is -2.86. The number of aryl methyl sites for hydroxylation is 1. The van der Waals surface area contributed by atoms with Gasteiger partial charge >= 0.3 is 0 Å². The third kappa shape index (κ3) is 5.93. The van der Waals surface area contributed by atoms with Gasteiger partial charge in [0, 0.05) is 56.7 Å². The van der Waals surface area contributed by atoms with Crippen molar-refractivity contribution in [1.29, 1.82) is 0 Å². The first-order valence-corrected chi connectivity index (χ1v) is 11.9. The zero-order valence-electron chi connectivity index (χ0n) is 19.8. The van der Waals surface area contributed by atoms with Crippen LogP contribution in [-0.4, -0.2) is 79.4 Å². The number of benzene rings is 2. The molecule has 6 heteroatoms. The summed E-state index contributed by atoms with van der Waals surface area (Å²) in [5.41, 5.74) is 1.44. The van der Waals surface area contributed by atoms with Gasteiger partial charge in [-0.3, -0.25) is 9.59 Å². The van der Waals surface area contributed by atoms with E-state index in [2.05, 4.69) is 11.9 Å². The number of ether oxygens (including phenoxy) is 1. The molecule has 0 spiro atoms. The minimum Gasteiger partial charge on any atom is -0.493 e. The number of rotatable bonds is 6. The van der Waals surface area contributed by atoms with Gasteiger partial charge in [-0.15, -0.1) is 0 Å². The zero-order valence-corrected chi connectivity index (χ0v) is 19.8. The largest absolute Gasteiger partial charge is 0.493 e. The summed E-state index contributed by atoms with van der Waals surface area (Å²) < 4.78 is 6.19. The number of nitrogens with zero attached hydrogens (tertiary/aromatic N) is 3. The minimum atomic E-state index is -0.394. The van der Waals surface area contributed by atoms with Crippen molar-refractivity contribution in [3.05, 3.63) is 65.7 Å². The second-order valence-electron chi connectivity index (χ2n) is 9.66. The molecule has 2 heterocycles. The van der Waals surface area contributed by atoms with Crippen LogP contribution in [0.15, 0.2) is 54.6 Å². The average molecular weight is 450 g/mol. The summed E-state index contributed by atoms with van der Waals surface area (Å²) in [5.74, 6) is 1.00. The van der Waals surface area contributed by atoms with Gasteiger partial charge in [0.2, 0.25) is 5.91 Å². The normalized spacial score (nSPS) is 21.6. The Morgan fingerprint density at radius 2 is 1.61 bits per heavy atom. The van der Waals surface area contributed by atoms with E-state index in [9.17, 15) is 9.59 Å². The maximum Gasteiger partial charge on any atom is 0.253 e. The molecule has 2 fully saturated rings. The first-order chi connectivity index (χ1) is 15.9. The van der Waals surface area contributed by atoms with Crippen molar-refractivity contribution in [2.24, 2.45) is 5.41 Å². The van der Waals surface area contributed by atoms with E-state index in [4.69, 9.17) is 4.74 Å². The Labute approximate surface area is 197 Å². The van der Waals surface area contributed by atoms with Gasteiger partial charge in [-0.05, 0) is 51.1 Å².